The Morgan fingerprint density at radius 2 is 1.69 bits per heavy atom. The van der Waals surface area contributed by atoms with Crippen molar-refractivity contribution < 1.29 is 26.8 Å². The number of rotatable bonds is 12. The van der Waals surface area contributed by atoms with E-state index in [0.29, 0.717) is 5.02 Å². The van der Waals surface area contributed by atoms with Gasteiger partial charge in [0.15, 0.2) is 11.6 Å². The largest absolute Gasteiger partial charge is 0.352 e. The molecule has 7 nitrogen and oxygen atoms in total. The van der Waals surface area contributed by atoms with Gasteiger partial charge in [-0.15, -0.1) is 0 Å². The fourth-order valence-electron chi connectivity index (χ4n) is 3.48. The van der Waals surface area contributed by atoms with E-state index in [1.165, 1.54) is 4.90 Å². The second-order valence-electron chi connectivity index (χ2n) is 8.68. The number of carbonyl (C=O) groups is 2. The Hall–Kier alpha value is -2.72. The number of sulfonamides is 1. The number of hydrogen-bond acceptors (Lipinski definition) is 4. The van der Waals surface area contributed by atoms with Crippen LogP contribution in [-0.4, -0.2) is 50.0 Å². The number of halogens is 3. The molecule has 0 heterocycles. The second kappa shape index (κ2) is 13.0. The minimum Gasteiger partial charge on any atom is -0.352 e. The average Bonchev–Trinajstić information content (AvgIpc) is 2.81. The zero-order valence-electron chi connectivity index (χ0n) is 20.8. The molecule has 36 heavy (non-hydrogen) atoms. The minimum atomic E-state index is -3.82. The van der Waals surface area contributed by atoms with E-state index in [1.807, 2.05) is 13.8 Å². The molecule has 2 rings (SSSR count). The summed E-state index contributed by atoms with van der Waals surface area (Å²) in [6.07, 6.45) is 1.71. The lowest BCUT2D eigenvalue weighted by Crippen LogP contribution is -2.49. The standard InChI is InChI=1S/C25H32ClF2N3O4S/c1-5-17(2)29-25(33)18(3)30(16-19-8-10-20(26)11-9-19)24(32)7-6-14-31(36(4,34)35)21-12-13-22(27)23(28)15-21/h8-13,15,17-18H,5-7,14,16H2,1-4H3,(H,29,33)/t17-,18+/m0/s1. The normalized spacial score (nSPS) is 13.1. The summed E-state index contributed by atoms with van der Waals surface area (Å²) >= 11 is 5.96. The first-order valence-electron chi connectivity index (χ1n) is 11.6. The Balaban J connectivity index is 2.18. The van der Waals surface area contributed by atoms with Gasteiger partial charge in [0, 0.05) is 36.6 Å². The summed E-state index contributed by atoms with van der Waals surface area (Å²) in [5.41, 5.74) is 0.735. The third-order valence-electron chi connectivity index (χ3n) is 5.78. The van der Waals surface area contributed by atoms with Crippen LogP contribution in [0.15, 0.2) is 42.5 Å². The van der Waals surface area contributed by atoms with Gasteiger partial charge in [-0.05, 0) is 56.5 Å². The molecule has 0 saturated heterocycles. The summed E-state index contributed by atoms with van der Waals surface area (Å²) in [6.45, 7) is 5.47. The highest BCUT2D eigenvalue weighted by Gasteiger charge is 2.27. The SMILES string of the molecule is CC[C@H](C)NC(=O)[C@@H](C)N(Cc1ccc(Cl)cc1)C(=O)CCCN(c1ccc(F)c(F)c1)S(C)(=O)=O. The van der Waals surface area contributed by atoms with Gasteiger partial charge in [0.25, 0.3) is 0 Å². The predicted octanol–water partition coefficient (Wildman–Crippen LogP) is 4.50. The highest BCUT2D eigenvalue weighted by molar-refractivity contribution is 7.92. The Bertz CT molecular complexity index is 1160. The number of anilines is 1. The van der Waals surface area contributed by atoms with Crippen LogP contribution in [0.2, 0.25) is 5.02 Å². The molecule has 0 fully saturated rings. The van der Waals surface area contributed by atoms with E-state index >= 15 is 0 Å². The van der Waals surface area contributed by atoms with E-state index in [2.05, 4.69) is 5.32 Å². The molecule has 0 unspecified atom stereocenters. The topological polar surface area (TPSA) is 86.8 Å². The van der Waals surface area contributed by atoms with E-state index in [9.17, 15) is 26.8 Å². The molecule has 0 saturated carbocycles. The van der Waals surface area contributed by atoms with Crippen LogP contribution in [0, 0.1) is 11.6 Å². The summed E-state index contributed by atoms with van der Waals surface area (Å²) < 4.78 is 52.5. The molecule has 2 aromatic rings. The van der Waals surface area contributed by atoms with Crippen molar-refractivity contribution in [3.63, 3.8) is 0 Å². The van der Waals surface area contributed by atoms with Crippen molar-refractivity contribution in [2.75, 3.05) is 17.1 Å². The lowest BCUT2D eigenvalue weighted by Gasteiger charge is -2.30. The van der Waals surface area contributed by atoms with Crippen LogP contribution >= 0.6 is 11.6 Å². The molecular weight excluding hydrogens is 512 g/mol. The monoisotopic (exact) mass is 543 g/mol. The number of nitrogens with zero attached hydrogens (tertiary/aromatic N) is 2. The van der Waals surface area contributed by atoms with Crippen LogP contribution in [0.25, 0.3) is 0 Å². The van der Waals surface area contributed by atoms with E-state index in [4.69, 9.17) is 11.6 Å². The van der Waals surface area contributed by atoms with Crippen LogP contribution in [0.5, 0.6) is 0 Å². The number of nitrogens with one attached hydrogen (secondary N) is 1. The lowest BCUT2D eigenvalue weighted by atomic mass is 10.1. The first kappa shape index (κ1) is 29.5. The number of hydrogen-bond donors (Lipinski definition) is 1. The molecular formula is C25H32ClF2N3O4S. The zero-order valence-corrected chi connectivity index (χ0v) is 22.4. The summed E-state index contributed by atoms with van der Waals surface area (Å²) in [5.74, 6) is -2.92. The first-order chi connectivity index (χ1) is 16.8. The Labute approximate surface area is 216 Å². The molecule has 0 bridgehead atoms. The van der Waals surface area contributed by atoms with Crippen LogP contribution < -0.4 is 9.62 Å². The number of amides is 2. The molecule has 11 heteroatoms. The van der Waals surface area contributed by atoms with Gasteiger partial charge in [-0.1, -0.05) is 30.7 Å². The van der Waals surface area contributed by atoms with Crippen molar-refractivity contribution >= 4 is 39.1 Å². The Morgan fingerprint density at radius 3 is 2.25 bits per heavy atom. The highest BCUT2D eigenvalue weighted by Crippen LogP contribution is 2.22. The first-order valence-corrected chi connectivity index (χ1v) is 13.8. The summed E-state index contributed by atoms with van der Waals surface area (Å²) in [7, 11) is -3.82. The third-order valence-corrected chi connectivity index (χ3v) is 7.22. The van der Waals surface area contributed by atoms with Gasteiger partial charge in [-0.3, -0.25) is 13.9 Å². The van der Waals surface area contributed by atoms with E-state index in [0.717, 1.165) is 40.7 Å². The van der Waals surface area contributed by atoms with Crippen molar-refractivity contribution in [3.8, 4) is 0 Å². The Morgan fingerprint density at radius 1 is 1.06 bits per heavy atom. The van der Waals surface area contributed by atoms with Crippen LogP contribution in [0.3, 0.4) is 0 Å². The van der Waals surface area contributed by atoms with Crippen molar-refractivity contribution in [2.24, 2.45) is 0 Å². The smallest absolute Gasteiger partial charge is 0.242 e. The van der Waals surface area contributed by atoms with E-state index < -0.39 is 27.7 Å². The molecule has 1 N–H and O–H groups in total. The van der Waals surface area contributed by atoms with Crippen molar-refractivity contribution in [1.29, 1.82) is 0 Å². The lowest BCUT2D eigenvalue weighted by molar-refractivity contribution is -0.140. The van der Waals surface area contributed by atoms with Crippen LogP contribution in [0.1, 0.15) is 45.6 Å². The molecule has 2 amide bonds. The van der Waals surface area contributed by atoms with Gasteiger partial charge >= 0.3 is 0 Å². The van der Waals surface area contributed by atoms with E-state index in [-0.39, 0.29) is 49.5 Å². The second-order valence-corrected chi connectivity index (χ2v) is 11.0. The predicted molar refractivity (Wildman–Crippen MR) is 137 cm³/mol. The molecule has 0 aliphatic carbocycles. The summed E-state index contributed by atoms with van der Waals surface area (Å²) in [4.78, 5) is 27.4. The van der Waals surface area contributed by atoms with Crippen molar-refractivity contribution in [3.05, 3.63) is 64.7 Å². The van der Waals surface area contributed by atoms with Gasteiger partial charge in [0.05, 0.1) is 11.9 Å². The fraction of sp³-hybridized carbons (Fsp3) is 0.440. The molecule has 0 aliphatic rings. The molecule has 0 radical (unpaired) electrons. The highest BCUT2D eigenvalue weighted by atomic mass is 35.5. The van der Waals surface area contributed by atoms with Gasteiger partial charge in [0.1, 0.15) is 6.04 Å². The zero-order chi connectivity index (χ0) is 27.0. The maximum absolute atomic E-state index is 13.7. The maximum atomic E-state index is 13.7. The molecule has 0 aromatic heterocycles. The van der Waals surface area contributed by atoms with E-state index in [1.54, 1.807) is 31.2 Å². The summed E-state index contributed by atoms with van der Waals surface area (Å²) in [5, 5.41) is 3.42. The third kappa shape index (κ3) is 8.44. The maximum Gasteiger partial charge on any atom is 0.242 e. The van der Waals surface area contributed by atoms with Crippen molar-refractivity contribution in [2.45, 2.75) is 58.7 Å². The molecule has 0 spiro atoms. The van der Waals surface area contributed by atoms with Crippen LogP contribution in [-0.2, 0) is 26.2 Å². The number of carbonyl (C=O) groups excluding carboxylic acids is 2. The molecule has 0 aliphatic heterocycles. The van der Waals surface area contributed by atoms with Gasteiger partial charge in [-0.25, -0.2) is 17.2 Å². The average molecular weight is 544 g/mol. The molecule has 198 valence electrons. The van der Waals surface area contributed by atoms with Gasteiger partial charge in [0.2, 0.25) is 21.8 Å². The summed E-state index contributed by atoms with van der Waals surface area (Å²) in [6, 6.07) is 8.87. The minimum absolute atomic E-state index is 0.0387. The fourth-order valence-corrected chi connectivity index (χ4v) is 4.56. The number of benzene rings is 2. The molecule has 2 aromatic carbocycles. The quantitative estimate of drug-likeness (QED) is 0.427. The van der Waals surface area contributed by atoms with Gasteiger partial charge < -0.3 is 10.2 Å². The van der Waals surface area contributed by atoms with Crippen LogP contribution in [0.4, 0.5) is 14.5 Å². The van der Waals surface area contributed by atoms with Gasteiger partial charge in [-0.2, -0.15) is 0 Å². The molecule has 2 atom stereocenters. The van der Waals surface area contributed by atoms with Crippen molar-refractivity contribution in [1.82, 2.24) is 10.2 Å². The Kier molecular flexibility index (Phi) is 10.7.